The minimum absolute atomic E-state index is 0.384. The van der Waals surface area contributed by atoms with Crippen molar-refractivity contribution in [2.75, 3.05) is 5.73 Å². The van der Waals surface area contributed by atoms with E-state index in [1.54, 1.807) is 0 Å². The highest BCUT2D eigenvalue weighted by Crippen LogP contribution is 2.26. The summed E-state index contributed by atoms with van der Waals surface area (Å²) in [7, 11) is 1.91. The SMILES string of the molecule is Cn1c(-c2ccc(OCc3ccccc3)cc2)nc2c(N)ncnc21. The monoisotopic (exact) mass is 331 g/mol. The third kappa shape index (κ3) is 2.89. The maximum Gasteiger partial charge on any atom is 0.165 e. The van der Waals surface area contributed by atoms with Crippen molar-refractivity contribution in [3.63, 3.8) is 0 Å². The standard InChI is InChI=1S/C19H17N5O/c1-24-18(23-16-17(20)21-12-22-19(16)24)14-7-9-15(10-8-14)25-11-13-5-3-2-4-6-13/h2-10,12H,11H2,1H3,(H2,20,21,22). The minimum Gasteiger partial charge on any atom is -0.489 e. The van der Waals surface area contributed by atoms with Crippen molar-refractivity contribution in [2.24, 2.45) is 7.05 Å². The molecular weight excluding hydrogens is 314 g/mol. The Balaban J connectivity index is 1.58. The number of hydrogen-bond donors (Lipinski definition) is 1. The maximum atomic E-state index is 5.89. The zero-order valence-corrected chi connectivity index (χ0v) is 13.8. The van der Waals surface area contributed by atoms with Crippen molar-refractivity contribution in [1.82, 2.24) is 19.5 Å². The Morgan fingerprint density at radius 3 is 2.48 bits per heavy atom. The summed E-state index contributed by atoms with van der Waals surface area (Å²) in [5.41, 5.74) is 9.32. The Hall–Kier alpha value is -3.41. The summed E-state index contributed by atoms with van der Waals surface area (Å²) in [6.07, 6.45) is 1.45. The van der Waals surface area contributed by atoms with E-state index in [2.05, 4.69) is 15.0 Å². The Kier molecular flexibility index (Phi) is 3.78. The smallest absolute Gasteiger partial charge is 0.165 e. The largest absolute Gasteiger partial charge is 0.489 e. The van der Waals surface area contributed by atoms with Gasteiger partial charge in [-0.05, 0) is 29.8 Å². The molecule has 0 saturated carbocycles. The number of fused-ring (bicyclic) bond motifs is 1. The number of imidazole rings is 1. The molecule has 0 unspecified atom stereocenters. The fraction of sp³-hybridized carbons (Fsp3) is 0.105. The van der Waals surface area contributed by atoms with Crippen LogP contribution in [0.4, 0.5) is 5.82 Å². The van der Waals surface area contributed by atoms with Crippen LogP contribution in [0, 0.1) is 0 Å². The van der Waals surface area contributed by atoms with E-state index in [0.717, 1.165) is 22.7 Å². The zero-order chi connectivity index (χ0) is 17.2. The quantitative estimate of drug-likeness (QED) is 0.621. The van der Waals surface area contributed by atoms with E-state index in [1.165, 1.54) is 6.33 Å². The number of anilines is 1. The summed E-state index contributed by atoms with van der Waals surface area (Å²) in [6.45, 7) is 0.540. The Morgan fingerprint density at radius 2 is 1.76 bits per heavy atom. The summed E-state index contributed by atoms with van der Waals surface area (Å²) in [6, 6.07) is 17.9. The topological polar surface area (TPSA) is 78.9 Å². The third-order valence-electron chi connectivity index (χ3n) is 4.05. The summed E-state index contributed by atoms with van der Waals surface area (Å²) in [4.78, 5) is 12.8. The van der Waals surface area contributed by atoms with Crippen LogP contribution in [0.3, 0.4) is 0 Å². The van der Waals surface area contributed by atoms with E-state index < -0.39 is 0 Å². The average Bonchev–Trinajstić information content (AvgIpc) is 3.00. The van der Waals surface area contributed by atoms with Crippen LogP contribution in [-0.2, 0) is 13.7 Å². The van der Waals surface area contributed by atoms with Crippen LogP contribution >= 0.6 is 0 Å². The number of benzene rings is 2. The molecule has 0 aliphatic carbocycles. The molecule has 0 fully saturated rings. The first-order chi connectivity index (χ1) is 12.2. The number of nitrogens with two attached hydrogens (primary N) is 1. The molecule has 0 aliphatic heterocycles. The number of nitrogen functional groups attached to an aromatic ring is 1. The van der Waals surface area contributed by atoms with E-state index in [4.69, 9.17) is 10.5 Å². The highest BCUT2D eigenvalue weighted by atomic mass is 16.5. The molecule has 4 aromatic rings. The summed E-state index contributed by atoms with van der Waals surface area (Å²) in [5.74, 6) is 1.98. The molecular formula is C19H17N5O. The highest BCUT2D eigenvalue weighted by Gasteiger charge is 2.13. The van der Waals surface area contributed by atoms with Gasteiger partial charge in [0.15, 0.2) is 17.0 Å². The van der Waals surface area contributed by atoms with Gasteiger partial charge in [-0.3, -0.25) is 0 Å². The zero-order valence-electron chi connectivity index (χ0n) is 13.8. The fourth-order valence-corrected chi connectivity index (χ4v) is 2.72. The van der Waals surface area contributed by atoms with Gasteiger partial charge in [0.25, 0.3) is 0 Å². The predicted molar refractivity (Wildman–Crippen MR) is 96.9 cm³/mol. The van der Waals surface area contributed by atoms with Gasteiger partial charge < -0.3 is 15.0 Å². The molecule has 6 nitrogen and oxygen atoms in total. The molecule has 0 atom stereocenters. The third-order valence-corrected chi connectivity index (χ3v) is 4.05. The second-order valence-electron chi connectivity index (χ2n) is 5.72. The maximum absolute atomic E-state index is 5.89. The lowest BCUT2D eigenvalue weighted by Crippen LogP contribution is -1.96. The number of rotatable bonds is 4. The summed E-state index contributed by atoms with van der Waals surface area (Å²) < 4.78 is 7.73. The van der Waals surface area contributed by atoms with Gasteiger partial charge in [-0.25, -0.2) is 15.0 Å². The van der Waals surface area contributed by atoms with Crippen molar-refractivity contribution >= 4 is 17.0 Å². The van der Waals surface area contributed by atoms with Gasteiger partial charge in [-0.2, -0.15) is 0 Å². The number of nitrogens with zero attached hydrogens (tertiary/aromatic N) is 4. The first-order valence-electron chi connectivity index (χ1n) is 7.92. The first-order valence-corrected chi connectivity index (χ1v) is 7.92. The minimum atomic E-state index is 0.384. The second-order valence-corrected chi connectivity index (χ2v) is 5.72. The van der Waals surface area contributed by atoms with Crippen molar-refractivity contribution in [1.29, 1.82) is 0 Å². The molecule has 4 rings (SSSR count). The van der Waals surface area contributed by atoms with Crippen LogP contribution in [0.15, 0.2) is 60.9 Å². The van der Waals surface area contributed by atoms with Crippen molar-refractivity contribution in [3.8, 4) is 17.1 Å². The molecule has 2 N–H and O–H groups in total. The molecule has 124 valence electrons. The molecule has 0 bridgehead atoms. The molecule has 0 amide bonds. The van der Waals surface area contributed by atoms with Gasteiger partial charge in [0.2, 0.25) is 0 Å². The van der Waals surface area contributed by atoms with Crippen molar-refractivity contribution < 1.29 is 4.74 Å². The van der Waals surface area contributed by atoms with E-state index >= 15 is 0 Å². The van der Waals surface area contributed by atoms with Gasteiger partial charge in [0, 0.05) is 12.6 Å². The Morgan fingerprint density at radius 1 is 1.00 bits per heavy atom. The predicted octanol–water partition coefficient (Wildman–Crippen LogP) is 3.19. The lowest BCUT2D eigenvalue weighted by atomic mass is 10.2. The van der Waals surface area contributed by atoms with Crippen LogP contribution in [0.1, 0.15) is 5.56 Å². The number of aryl methyl sites for hydroxylation is 1. The molecule has 25 heavy (non-hydrogen) atoms. The summed E-state index contributed by atoms with van der Waals surface area (Å²) >= 11 is 0. The van der Waals surface area contributed by atoms with Gasteiger partial charge in [0.05, 0.1) is 0 Å². The van der Waals surface area contributed by atoms with E-state index in [1.807, 2.05) is 66.2 Å². The number of hydrogen-bond acceptors (Lipinski definition) is 5. The van der Waals surface area contributed by atoms with Crippen LogP contribution < -0.4 is 10.5 Å². The van der Waals surface area contributed by atoms with Crippen LogP contribution in [0.2, 0.25) is 0 Å². The van der Waals surface area contributed by atoms with E-state index in [-0.39, 0.29) is 0 Å². The van der Waals surface area contributed by atoms with Crippen LogP contribution in [-0.4, -0.2) is 19.5 Å². The Labute approximate surface area is 144 Å². The average molecular weight is 331 g/mol. The number of ether oxygens (including phenoxy) is 1. The van der Waals surface area contributed by atoms with Crippen molar-refractivity contribution in [2.45, 2.75) is 6.61 Å². The molecule has 6 heteroatoms. The molecule has 0 saturated heterocycles. The van der Waals surface area contributed by atoms with Gasteiger partial charge >= 0.3 is 0 Å². The molecule has 2 heterocycles. The Bertz CT molecular complexity index is 1010. The van der Waals surface area contributed by atoms with E-state index in [0.29, 0.717) is 23.6 Å². The van der Waals surface area contributed by atoms with Gasteiger partial charge in [-0.1, -0.05) is 30.3 Å². The highest BCUT2D eigenvalue weighted by molar-refractivity contribution is 5.85. The molecule has 0 radical (unpaired) electrons. The van der Waals surface area contributed by atoms with E-state index in [9.17, 15) is 0 Å². The molecule has 0 aliphatic rings. The number of aromatic nitrogens is 4. The second kappa shape index (κ2) is 6.24. The fourth-order valence-electron chi connectivity index (χ4n) is 2.72. The normalized spacial score (nSPS) is 10.9. The summed E-state index contributed by atoms with van der Waals surface area (Å²) in [5, 5.41) is 0. The molecule has 0 spiro atoms. The first kappa shape index (κ1) is 15.1. The van der Waals surface area contributed by atoms with Crippen LogP contribution in [0.25, 0.3) is 22.6 Å². The molecule has 2 aromatic carbocycles. The van der Waals surface area contributed by atoms with Crippen LogP contribution in [0.5, 0.6) is 5.75 Å². The molecule has 2 aromatic heterocycles. The van der Waals surface area contributed by atoms with Crippen molar-refractivity contribution in [3.05, 3.63) is 66.5 Å². The lowest BCUT2D eigenvalue weighted by molar-refractivity contribution is 0.306. The van der Waals surface area contributed by atoms with Gasteiger partial charge in [0.1, 0.15) is 24.5 Å². The van der Waals surface area contributed by atoms with Gasteiger partial charge in [-0.15, -0.1) is 0 Å². The lowest BCUT2D eigenvalue weighted by Gasteiger charge is -2.07.